The molecule has 0 atom stereocenters. The van der Waals surface area contributed by atoms with Crippen LogP contribution in [0, 0.1) is 0 Å². The summed E-state index contributed by atoms with van der Waals surface area (Å²) in [5, 5.41) is 4.57. The Bertz CT molecular complexity index is 773. The maximum atomic E-state index is 6.08. The van der Waals surface area contributed by atoms with Crippen LogP contribution in [-0.2, 0) is 13.1 Å². The second-order valence-corrected chi connectivity index (χ2v) is 6.35. The van der Waals surface area contributed by atoms with Crippen LogP contribution in [0.5, 0.6) is 5.88 Å². The number of rotatable bonds is 6. The number of ether oxygens (including phenoxy) is 1. The van der Waals surface area contributed by atoms with E-state index in [1.165, 1.54) is 12.8 Å². The fourth-order valence-electron chi connectivity index (χ4n) is 3.27. The van der Waals surface area contributed by atoms with Crippen molar-refractivity contribution in [3.8, 4) is 5.88 Å². The van der Waals surface area contributed by atoms with E-state index in [2.05, 4.69) is 28.5 Å². The Kier molecular flexibility index (Phi) is 4.47. The predicted molar refractivity (Wildman–Crippen MR) is 93.9 cm³/mol. The third kappa shape index (κ3) is 3.44. The first-order valence-electron chi connectivity index (χ1n) is 8.67. The van der Waals surface area contributed by atoms with Gasteiger partial charge in [0.1, 0.15) is 17.4 Å². The van der Waals surface area contributed by atoms with Crippen LogP contribution in [0.1, 0.15) is 37.0 Å². The van der Waals surface area contributed by atoms with Crippen LogP contribution in [0.25, 0.3) is 11.0 Å². The molecule has 1 aromatic carbocycles. The maximum absolute atomic E-state index is 6.08. The summed E-state index contributed by atoms with van der Waals surface area (Å²) in [6.07, 6.45) is 6.93. The van der Waals surface area contributed by atoms with Crippen LogP contribution in [-0.4, -0.2) is 11.1 Å². The Labute approximate surface area is 141 Å². The minimum Gasteiger partial charge on any atom is -0.474 e. The van der Waals surface area contributed by atoms with Crippen LogP contribution in [0.15, 0.2) is 53.1 Å². The zero-order valence-corrected chi connectivity index (χ0v) is 13.7. The molecular weight excluding hydrogens is 300 g/mol. The predicted octanol–water partition coefficient (Wildman–Crippen LogP) is 4.44. The van der Waals surface area contributed by atoms with Gasteiger partial charge in [-0.15, -0.1) is 0 Å². The molecule has 1 N–H and O–H groups in total. The van der Waals surface area contributed by atoms with Crippen LogP contribution in [0.3, 0.4) is 0 Å². The molecule has 2 aromatic heterocycles. The van der Waals surface area contributed by atoms with Crippen molar-refractivity contribution in [2.75, 3.05) is 0 Å². The van der Waals surface area contributed by atoms with E-state index < -0.39 is 0 Å². The van der Waals surface area contributed by atoms with E-state index in [0.29, 0.717) is 19.2 Å². The van der Waals surface area contributed by atoms with Gasteiger partial charge in [0.15, 0.2) is 0 Å². The van der Waals surface area contributed by atoms with Crippen molar-refractivity contribution < 1.29 is 9.15 Å². The minimum absolute atomic E-state index is 0.328. The molecule has 4 heteroatoms. The second-order valence-electron chi connectivity index (χ2n) is 6.35. The number of nitrogens with zero attached hydrogens (tertiary/aromatic N) is 1. The molecular formula is C20H22N2O2. The van der Waals surface area contributed by atoms with E-state index in [0.717, 1.165) is 41.0 Å². The zero-order valence-electron chi connectivity index (χ0n) is 13.7. The Balaban J connectivity index is 1.38. The highest BCUT2D eigenvalue weighted by Gasteiger charge is 2.18. The molecule has 0 spiro atoms. The Morgan fingerprint density at radius 3 is 2.83 bits per heavy atom. The molecule has 124 valence electrons. The Morgan fingerprint density at radius 2 is 1.96 bits per heavy atom. The van der Waals surface area contributed by atoms with Crippen molar-refractivity contribution in [1.82, 2.24) is 10.3 Å². The number of nitrogens with one attached hydrogen (secondary N) is 1. The molecule has 2 heterocycles. The molecule has 0 saturated heterocycles. The topological polar surface area (TPSA) is 47.3 Å². The fourth-order valence-corrected chi connectivity index (χ4v) is 3.27. The molecule has 0 amide bonds. The lowest BCUT2D eigenvalue weighted by molar-refractivity contribution is 0.199. The normalized spacial score (nSPS) is 15.2. The van der Waals surface area contributed by atoms with Gasteiger partial charge in [0.25, 0.3) is 0 Å². The van der Waals surface area contributed by atoms with E-state index in [1.807, 2.05) is 24.3 Å². The van der Waals surface area contributed by atoms with E-state index in [-0.39, 0.29) is 0 Å². The molecule has 4 nitrogen and oxygen atoms in total. The Hall–Kier alpha value is -2.33. The van der Waals surface area contributed by atoms with Crippen LogP contribution in [0.4, 0.5) is 0 Å². The van der Waals surface area contributed by atoms with Crippen LogP contribution >= 0.6 is 0 Å². The first kappa shape index (κ1) is 15.2. The third-order valence-corrected chi connectivity index (χ3v) is 4.52. The van der Waals surface area contributed by atoms with Gasteiger partial charge in [0, 0.05) is 23.7 Å². The van der Waals surface area contributed by atoms with Crippen molar-refractivity contribution in [2.45, 2.75) is 44.9 Å². The van der Waals surface area contributed by atoms with Gasteiger partial charge >= 0.3 is 0 Å². The number of hydrogen-bond acceptors (Lipinski definition) is 4. The van der Waals surface area contributed by atoms with Gasteiger partial charge in [0.2, 0.25) is 5.88 Å². The van der Waals surface area contributed by atoms with Gasteiger partial charge in [-0.2, -0.15) is 0 Å². The average molecular weight is 322 g/mol. The molecule has 24 heavy (non-hydrogen) atoms. The standard InChI is InChI=1S/C20H22N2O2/c1-4-10-19-15(6-1)12-18(23-19)14-21-13-16-7-5-11-22-20(16)24-17-8-2-3-9-17/h1,4-7,10-12,17,21H,2-3,8-9,13-14H2. The number of para-hydroxylation sites is 1. The number of aromatic nitrogens is 1. The fraction of sp³-hybridized carbons (Fsp3) is 0.350. The van der Waals surface area contributed by atoms with Gasteiger partial charge in [0.05, 0.1) is 6.54 Å². The SMILES string of the molecule is c1cnc(OC2CCCC2)c(CNCc2cc3ccccc3o2)c1. The molecule has 4 rings (SSSR count). The number of pyridine rings is 1. The highest BCUT2D eigenvalue weighted by atomic mass is 16.5. The van der Waals surface area contributed by atoms with Crippen molar-refractivity contribution in [3.63, 3.8) is 0 Å². The van der Waals surface area contributed by atoms with E-state index in [1.54, 1.807) is 6.20 Å². The number of benzene rings is 1. The molecule has 0 unspecified atom stereocenters. The summed E-state index contributed by atoms with van der Waals surface area (Å²) in [5.41, 5.74) is 2.03. The molecule has 1 aliphatic carbocycles. The summed E-state index contributed by atoms with van der Waals surface area (Å²) >= 11 is 0. The Morgan fingerprint density at radius 1 is 1.08 bits per heavy atom. The summed E-state index contributed by atoms with van der Waals surface area (Å²) in [7, 11) is 0. The van der Waals surface area contributed by atoms with Crippen LogP contribution < -0.4 is 10.1 Å². The van der Waals surface area contributed by atoms with Gasteiger partial charge in [-0.1, -0.05) is 24.3 Å². The maximum Gasteiger partial charge on any atom is 0.218 e. The number of hydrogen-bond donors (Lipinski definition) is 1. The summed E-state index contributed by atoms with van der Waals surface area (Å²) in [6.45, 7) is 1.40. The monoisotopic (exact) mass is 322 g/mol. The summed E-state index contributed by atoms with van der Waals surface area (Å²) in [4.78, 5) is 4.42. The zero-order chi connectivity index (χ0) is 16.2. The first-order valence-corrected chi connectivity index (χ1v) is 8.67. The van der Waals surface area contributed by atoms with Crippen LogP contribution in [0.2, 0.25) is 0 Å². The van der Waals surface area contributed by atoms with Gasteiger partial charge in [-0.05, 0) is 43.9 Å². The molecule has 0 radical (unpaired) electrons. The quantitative estimate of drug-likeness (QED) is 0.729. The highest BCUT2D eigenvalue weighted by molar-refractivity contribution is 5.77. The van der Waals surface area contributed by atoms with Crippen molar-refractivity contribution in [1.29, 1.82) is 0 Å². The third-order valence-electron chi connectivity index (χ3n) is 4.52. The smallest absolute Gasteiger partial charge is 0.218 e. The van der Waals surface area contributed by atoms with Crippen molar-refractivity contribution >= 4 is 11.0 Å². The first-order chi connectivity index (χ1) is 11.9. The molecule has 3 aromatic rings. The van der Waals surface area contributed by atoms with E-state index in [9.17, 15) is 0 Å². The highest BCUT2D eigenvalue weighted by Crippen LogP contribution is 2.25. The minimum atomic E-state index is 0.328. The van der Waals surface area contributed by atoms with Gasteiger partial charge < -0.3 is 14.5 Å². The number of furan rings is 1. The van der Waals surface area contributed by atoms with Crippen molar-refractivity contribution in [2.24, 2.45) is 0 Å². The van der Waals surface area contributed by atoms with Gasteiger partial charge in [-0.3, -0.25) is 0 Å². The lowest BCUT2D eigenvalue weighted by Crippen LogP contribution is -2.17. The average Bonchev–Trinajstić information content (AvgIpc) is 3.25. The second kappa shape index (κ2) is 7.05. The van der Waals surface area contributed by atoms with Crippen molar-refractivity contribution in [3.05, 3.63) is 60.0 Å². The lowest BCUT2D eigenvalue weighted by Gasteiger charge is -2.15. The van der Waals surface area contributed by atoms with E-state index >= 15 is 0 Å². The van der Waals surface area contributed by atoms with Gasteiger partial charge in [-0.25, -0.2) is 4.98 Å². The molecule has 1 aliphatic rings. The largest absolute Gasteiger partial charge is 0.474 e. The molecule has 1 fully saturated rings. The lowest BCUT2D eigenvalue weighted by atomic mass is 10.2. The molecule has 0 aliphatic heterocycles. The molecule has 1 saturated carbocycles. The van der Waals surface area contributed by atoms with E-state index in [4.69, 9.17) is 9.15 Å². The summed E-state index contributed by atoms with van der Waals surface area (Å²) in [5.74, 6) is 1.71. The number of fused-ring (bicyclic) bond motifs is 1. The summed E-state index contributed by atoms with van der Waals surface area (Å²) < 4.78 is 11.9. The molecule has 0 bridgehead atoms. The summed E-state index contributed by atoms with van der Waals surface area (Å²) in [6, 6.07) is 14.2.